The molecular formula is C18H22N4OS. The number of amides is 1. The molecule has 3 aliphatic rings. The van der Waals surface area contributed by atoms with Crippen LogP contribution in [-0.4, -0.2) is 38.9 Å². The number of carbonyl (C=O) groups excluding carboxylic acids is 1. The lowest BCUT2D eigenvalue weighted by atomic mass is 9.79. The summed E-state index contributed by atoms with van der Waals surface area (Å²) < 4.78 is 2.00. The van der Waals surface area contributed by atoms with Gasteiger partial charge in [0.1, 0.15) is 5.69 Å². The Balaban J connectivity index is 1.20. The van der Waals surface area contributed by atoms with Gasteiger partial charge in [-0.05, 0) is 49.0 Å². The van der Waals surface area contributed by atoms with Crippen molar-refractivity contribution < 1.29 is 4.79 Å². The first-order valence-electron chi connectivity index (χ1n) is 8.98. The van der Waals surface area contributed by atoms with Crippen molar-refractivity contribution in [3.63, 3.8) is 0 Å². The third-order valence-electron chi connectivity index (χ3n) is 6.31. The Morgan fingerprint density at radius 2 is 2.12 bits per heavy atom. The van der Waals surface area contributed by atoms with E-state index in [0.717, 1.165) is 43.6 Å². The molecule has 0 aromatic carbocycles. The van der Waals surface area contributed by atoms with E-state index in [1.54, 1.807) is 11.3 Å². The van der Waals surface area contributed by atoms with Crippen LogP contribution in [0.3, 0.4) is 0 Å². The minimum atomic E-state index is 0.347. The molecule has 6 heteroatoms. The third kappa shape index (κ3) is 2.31. The van der Waals surface area contributed by atoms with Crippen molar-refractivity contribution >= 4 is 17.2 Å². The molecule has 5 nitrogen and oxygen atoms in total. The number of aromatic nitrogens is 3. The highest BCUT2D eigenvalue weighted by molar-refractivity contribution is 7.08. The highest BCUT2D eigenvalue weighted by atomic mass is 32.1. The second kappa shape index (κ2) is 5.41. The number of hydrogen-bond acceptors (Lipinski definition) is 4. The number of nitrogens with zero attached hydrogens (tertiary/aromatic N) is 4. The van der Waals surface area contributed by atoms with E-state index in [0.29, 0.717) is 23.3 Å². The molecule has 0 unspecified atom stereocenters. The Morgan fingerprint density at radius 1 is 1.29 bits per heavy atom. The molecule has 5 rings (SSSR count). The molecule has 0 radical (unpaired) electrons. The van der Waals surface area contributed by atoms with Gasteiger partial charge in [-0.1, -0.05) is 11.6 Å². The zero-order valence-corrected chi connectivity index (χ0v) is 14.5. The molecule has 2 saturated carbocycles. The van der Waals surface area contributed by atoms with Gasteiger partial charge in [-0.15, -0.1) is 5.10 Å². The summed E-state index contributed by atoms with van der Waals surface area (Å²) in [7, 11) is 0. The predicted molar refractivity (Wildman–Crippen MR) is 92.6 cm³/mol. The summed E-state index contributed by atoms with van der Waals surface area (Å²) >= 11 is 1.68. The number of likely N-dealkylation sites (tertiary alicyclic amines) is 1. The van der Waals surface area contributed by atoms with Crippen LogP contribution < -0.4 is 0 Å². The van der Waals surface area contributed by atoms with Crippen LogP contribution in [0.15, 0.2) is 23.0 Å². The van der Waals surface area contributed by atoms with E-state index in [9.17, 15) is 4.79 Å². The smallest absolute Gasteiger partial charge is 0.226 e. The summed E-state index contributed by atoms with van der Waals surface area (Å²) in [6.07, 6.45) is 9.06. The van der Waals surface area contributed by atoms with Gasteiger partial charge in [0.15, 0.2) is 0 Å². The molecule has 0 bridgehead atoms. The van der Waals surface area contributed by atoms with Crippen LogP contribution in [0, 0.1) is 11.3 Å². The van der Waals surface area contributed by atoms with Crippen LogP contribution in [-0.2, 0) is 4.79 Å². The van der Waals surface area contributed by atoms with Crippen molar-refractivity contribution in [3.8, 4) is 11.3 Å². The first-order valence-corrected chi connectivity index (χ1v) is 9.93. The maximum Gasteiger partial charge on any atom is 0.226 e. The lowest BCUT2D eigenvalue weighted by Gasteiger charge is -2.34. The van der Waals surface area contributed by atoms with Gasteiger partial charge in [-0.3, -0.25) is 4.79 Å². The first kappa shape index (κ1) is 14.6. The fourth-order valence-electron chi connectivity index (χ4n) is 4.45. The summed E-state index contributed by atoms with van der Waals surface area (Å²) in [4.78, 5) is 14.8. The van der Waals surface area contributed by atoms with Crippen LogP contribution in [0.5, 0.6) is 0 Å². The fraction of sp³-hybridized carbons (Fsp3) is 0.611. The van der Waals surface area contributed by atoms with Crippen LogP contribution >= 0.6 is 11.3 Å². The average molecular weight is 342 g/mol. The lowest BCUT2D eigenvalue weighted by Crippen LogP contribution is -2.41. The summed E-state index contributed by atoms with van der Waals surface area (Å²) in [5.74, 6) is 0.769. The topological polar surface area (TPSA) is 51.0 Å². The molecule has 3 fully saturated rings. The quantitative estimate of drug-likeness (QED) is 0.859. The monoisotopic (exact) mass is 342 g/mol. The van der Waals surface area contributed by atoms with E-state index in [4.69, 9.17) is 0 Å². The summed E-state index contributed by atoms with van der Waals surface area (Å²) in [5, 5.41) is 12.8. The number of carbonyl (C=O) groups is 1. The molecule has 3 heterocycles. The predicted octanol–water partition coefficient (Wildman–Crippen LogP) is 3.36. The summed E-state index contributed by atoms with van der Waals surface area (Å²) in [6.45, 7) is 1.73. The molecule has 2 aromatic rings. The highest BCUT2D eigenvalue weighted by Crippen LogP contribution is 2.66. The van der Waals surface area contributed by atoms with E-state index in [1.807, 2.05) is 4.68 Å². The Labute approximate surface area is 145 Å². The number of rotatable bonds is 3. The van der Waals surface area contributed by atoms with Crippen molar-refractivity contribution in [2.45, 2.75) is 44.6 Å². The van der Waals surface area contributed by atoms with Crippen LogP contribution in [0.4, 0.5) is 0 Å². The van der Waals surface area contributed by atoms with Crippen LogP contribution in [0.25, 0.3) is 11.3 Å². The molecule has 126 valence electrons. The molecule has 24 heavy (non-hydrogen) atoms. The summed E-state index contributed by atoms with van der Waals surface area (Å²) in [6, 6.07) is 2.44. The molecule has 2 aliphatic carbocycles. The Morgan fingerprint density at radius 3 is 2.75 bits per heavy atom. The molecule has 1 atom stereocenters. The lowest BCUT2D eigenvalue weighted by molar-refractivity contribution is -0.135. The molecule has 1 saturated heterocycles. The van der Waals surface area contributed by atoms with E-state index in [1.165, 1.54) is 19.3 Å². The molecule has 2 aromatic heterocycles. The van der Waals surface area contributed by atoms with E-state index >= 15 is 0 Å². The van der Waals surface area contributed by atoms with Crippen LogP contribution in [0.1, 0.15) is 44.6 Å². The average Bonchev–Trinajstić information content (AvgIpc) is 2.94. The van der Waals surface area contributed by atoms with Gasteiger partial charge in [0, 0.05) is 30.0 Å². The normalized spacial score (nSPS) is 25.7. The number of thiophene rings is 1. The van der Waals surface area contributed by atoms with Crippen molar-refractivity contribution in [1.29, 1.82) is 0 Å². The van der Waals surface area contributed by atoms with Gasteiger partial charge >= 0.3 is 0 Å². The van der Waals surface area contributed by atoms with Crippen LogP contribution in [0.2, 0.25) is 0 Å². The molecule has 1 amide bonds. The number of piperidine rings is 1. The Bertz CT molecular complexity index is 741. The SMILES string of the molecule is O=C([C@@H]1CC12CCC2)N1CCC(n2cc(-c3ccsc3)nn2)CC1. The second-order valence-electron chi connectivity index (χ2n) is 7.62. The molecule has 1 aliphatic heterocycles. The zero-order chi connectivity index (χ0) is 16.1. The largest absolute Gasteiger partial charge is 0.342 e. The van der Waals surface area contributed by atoms with Gasteiger partial charge in [0.25, 0.3) is 0 Å². The van der Waals surface area contributed by atoms with Gasteiger partial charge in [-0.2, -0.15) is 11.3 Å². The molecule has 0 N–H and O–H groups in total. The van der Waals surface area contributed by atoms with E-state index < -0.39 is 0 Å². The third-order valence-corrected chi connectivity index (χ3v) is 7.00. The number of hydrogen-bond donors (Lipinski definition) is 0. The minimum absolute atomic E-state index is 0.347. The van der Waals surface area contributed by atoms with Crippen molar-refractivity contribution in [2.75, 3.05) is 13.1 Å². The fourth-order valence-corrected chi connectivity index (χ4v) is 5.10. The molecule has 1 spiro atoms. The first-order chi connectivity index (χ1) is 11.8. The summed E-state index contributed by atoms with van der Waals surface area (Å²) in [5.41, 5.74) is 2.52. The highest BCUT2D eigenvalue weighted by Gasteiger charge is 2.61. The van der Waals surface area contributed by atoms with Gasteiger partial charge in [-0.25, -0.2) is 4.68 Å². The van der Waals surface area contributed by atoms with E-state index in [2.05, 4.69) is 38.2 Å². The Hall–Kier alpha value is -1.69. The second-order valence-corrected chi connectivity index (χ2v) is 8.40. The maximum absolute atomic E-state index is 12.7. The minimum Gasteiger partial charge on any atom is -0.342 e. The molecular weight excluding hydrogens is 320 g/mol. The standard InChI is InChI=1S/C18H22N4OS/c23-17(15-10-18(15)5-1-6-18)21-7-2-14(3-8-21)22-11-16(19-20-22)13-4-9-24-12-13/h4,9,11-12,14-15H,1-3,5-8,10H2/t15-/m0/s1. The van der Waals surface area contributed by atoms with Crippen molar-refractivity contribution in [1.82, 2.24) is 19.9 Å². The van der Waals surface area contributed by atoms with Gasteiger partial charge in [0.05, 0.1) is 12.2 Å². The van der Waals surface area contributed by atoms with Crippen molar-refractivity contribution in [2.24, 2.45) is 11.3 Å². The maximum atomic E-state index is 12.7. The zero-order valence-electron chi connectivity index (χ0n) is 13.7. The Kier molecular flexibility index (Phi) is 3.30. The van der Waals surface area contributed by atoms with Gasteiger partial charge < -0.3 is 4.90 Å². The van der Waals surface area contributed by atoms with Crippen molar-refractivity contribution in [3.05, 3.63) is 23.0 Å². The van der Waals surface area contributed by atoms with Gasteiger partial charge in [0.2, 0.25) is 5.91 Å². The van der Waals surface area contributed by atoms with E-state index in [-0.39, 0.29) is 0 Å².